The van der Waals surface area contributed by atoms with Crippen LogP contribution in [0.5, 0.6) is 0 Å². The molecular formula is C14H22N2O. The normalized spacial score (nSPS) is 12.2. The van der Waals surface area contributed by atoms with Gasteiger partial charge in [-0.2, -0.15) is 0 Å². The summed E-state index contributed by atoms with van der Waals surface area (Å²) in [6.07, 6.45) is 0.532. The Kier molecular flexibility index (Phi) is 5.70. The Labute approximate surface area is 104 Å². The van der Waals surface area contributed by atoms with Gasteiger partial charge in [0.25, 0.3) is 0 Å². The molecule has 0 bridgehead atoms. The van der Waals surface area contributed by atoms with Gasteiger partial charge in [0.15, 0.2) is 0 Å². The SMILES string of the molecule is CCNCCC(=O)NC(C)c1ccccc1C. The van der Waals surface area contributed by atoms with Gasteiger partial charge in [-0.1, -0.05) is 31.2 Å². The van der Waals surface area contributed by atoms with Gasteiger partial charge in [0.05, 0.1) is 6.04 Å². The lowest BCUT2D eigenvalue weighted by atomic mass is 10.0. The van der Waals surface area contributed by atoms with Gasteiger partial charge in [0.1, 0.15) is 0 Å². The van der Waals surface area contributed by atoms with Gasteiger partial charge in [-0.3, -0.25) is 4.79 Å². The first-order valence-corrected chi connectivity index (χ1v) is 6.20. The Balaban J connectivity index is 2.46. The number of aryl methyl sites for hydroxylation is 1. The molecule has 0 saturated heterocycles. The lowest BCUT2D eigenvalue weighted by molar-refractivity contribution is -0.121. The maximum Gasteiger partial charge on any atom is 0.221 e. The standard InChI is InChI=1S/C14H22N2O/c1-4-15-10-9-14(17)16-12(3)13-8-6-5-7-11(13)2/h5-8,12,15H,4,9-10H2,1-3H3,(H,16,17). The first kappa shape index (κ1) is 13.7. The zero-order chi connectivity index (χ0) is 12.7. The number of hydrogen-bond acceptors (Lipinski definition) is 2. The number of carbonyl (C=O) groups is 1. The highest BCUT2D eigenvalue weighted by Gasteiger charge is 2.10. The van der Waals surface area contributed by atoms with Gasteiger partial charge < -0.3 is 10.6 Å². The quantitative estimate of drug-likeness (QED) is 0.741. The van der Waals surface area contributed by atoms with E-state index in [1.165, 1.54) is 11.1 Å². The third kappa shape index (κ3) is 4.57. The van der Waals surface area contributed by atoms with Gasteiger partial charge in [-0.05, 0) is 31.5 Å². The van der Waals surface area contributed by atoms with Crippen molar-refractivity contribution in [3.8, 4) is 0 Å². The molecule has 0 radical (unpaired) electrons. The van der Waals surface area contributed by atoms with Crippen molar-refractivity contribution in [3.63, 3.8) is 0 Å². The Morgan fingerprint density at radius 1 is 1.35 bits per heavy atom. The molecule has 1 rings (SSSR count). The fourth-order valence-corrected chi connectivity index (χ4v) is 1.84. The van der Waals surface area contributed by atoms with E-state index in [1.54, 1.807) is 0 Å². The Morgan fingerprint density at radius 2 is 2.06 bits per heavy atom. The predicted octanol–water partition coefficient (Wildman–Crippen LogP) is 2.17. The number of rotatable bonds is 6. The molecule has 1 amide bonds. The molecule has 94 valence electrons. The molecule has 0 saturated carbocycles. The van der Waals surface area contributed by atoms with Crippen molar-refractivity contribution < 1.29 is 4.79 Å². The summed E-state index contributed by atoms with van der Waals surface area (Å²) >= 11 is 0. The number of carbonyl (C=O) groups excluding carboxylic acids is 1. The van der Waals surface area contributed by atoms with E-state index in [-0.39, 0.29) is 11.9 Å². The van der Waals surface area contributed by atoms with E-state index >= 15 is 0 Å². The van der Waals surface area contributed by atoms with Crippen LogP contribution in [-0.4, -0.2) is 19.0 Å². The van der Waals surface area contributed by atoms with Crippen molar-refractivity contribution in [3.05, 3.63) is 35.4 Å². The summed E-state index contributed by atoms with van der Waals surface area (Å²) in [6, 6.07) is 8.22. The fraction of sp³-hybridized carbons (Fsp3) is 0.500. The minimum Gasteiger partial charge on any atom is -0.350 e. The average molecular weight is 234 g/mol. The summed E-state index contributed by atoms with van der Waals surface area (Å²) in [5.41, 5.74) is 2.40. The van der Waals surface area contributed by atoms with Crippen LogP contribution in [0, 0.1) is 6.92 Å². The van der Waals surface area contributed by atoms with Crippen LogP contribution in [0.3, 0.4) is 0 Å². The molecule has 0 aromatic heterocycles. The molecule has 0 aliphatic heterocycles. The number of nitrogens with one attached hydrogen (secondary N) is 2. The molecule has 0 fully saturated rings. The van der Waals surface area contributed by atoms with E-state index in [0.717, 1.165) is 13.1 Å². The van der Waals surface area contributed by atoms with Crippen molar-refractivity contribution in [2.75, 3.05) is 13.1 Å². The number of amides is 1. The molecule has 1 aromatic carbocycles. The first-order chi connectivity index (χ1) is 8.15. The molecule has 1 unspecified atom stereocenters. The minimum atomic E-state index is 0.0744. The van der Waals surface area contributed by atoms with Gasteiger partial charge >= 0.3 is 0 Å². The van der Waals surface area contributed by atoms with Gasteiger partial charge in [-0.25, -0.2) is 0 Å². The van der Waals surface area contributed by atoms with Crippen molar-refractivity contribution in [1.82, 2.24) is 10.6 Å². The molecule has 1 atom stereocenters. The topological polar surface area (TPSA) is 41.1 Å². The zero-order valence-electron chi connectivity index (χ0n) is 10.9. The van der Waals surface area contributed by atoms with E-state index in [0.29, 0.717) is 6.42 Å². The molecule has 0 aliphatic carbocycles. The minimum absolute atomic E-state index is 0.0744. The highest BCUT2D eigenvalue weighted by atomic mass is 16.1. The largest absolute Gasteiger partial charge is 0.350 e. The van der Waals surface area contributed by atoms with Crippen LogP contribution in [-0.2, 0) is 4.79 Å². The van der Waals surface area contributed by atoms with Crippen LogP contribution in [0.4, 0.5) is 0 Å². The van der Waals surface area contributed by atoms with Crippen LogP contribution in [0.1, 0.15) is 37.4 Å². The third-order valence-corrected chi connectivity index (χ3v) is 2.81. The van der Waals surface area contributed by atoms with Crippen molar-refractivity contribution in [2.45, 2.75) is 33.2 Å². The summed E-state index contributed by atoms with van der Waals surface area (Å²) in [7, 11) is 0. The second kappa shape index (κ2) is 7.07. The van der Waals surface area contributed by atoms with Crippen LogP contribution < -0.4 is 10.6 Å². The molecule has 3 heteroatoms. The molecule has 2 N–H and O–H groups in total. The molecule has 0 heterocycles. The lowest BCUT2D eigenvalue weighted by Crippen LogP contribution is -2.30. The monoisotopic (exact) mass is 234 g/mol. The molecule has 3 nitrogen and oxygen atoms in total. The molecule has 0 spiro atoms. The predicted molar refractivity (Wildman–Crippen MR) is 70.9 cm³/mol. The molecule has 0 aliphatic rings. The molecule has 1 aromatic rings. The maximum absolute atomic E-state index is 11.7. The average Bonchev–Trinajstić information content (AvgIpc) is 2.29. The lowest BCUT2D eigenvalue weighted by Gasteiger charge is -2.16. The summed E-state index contributed by atoms with van der Waals surface area (Å²) in [4.78, 5) is 11.7. The van der Waals surface area contributed by atoms with E-state index in [2.05, 4.69) is 29.7 Å². The number of benzene rings is 1. The first-order valence-electron chi connectivity index (χ1n) is 6.20. The van der Waals surface area contributed by atoms with Gasteiger partial charge in [-0.15, -0.1) is 0 Å². The highest BCUT2D eigenvalue weighted by Crippen LogP contribution is 2.16. The van der Waals surface area contributed by atoms with Crippen LogP contribution in [0.25, 0.3) is 0 Å². The Hall–Kier alpha value is -1.35. The van der Waals surface area contributed by atoms with Crippen LogP contribution >= 0.6 is 0 Å². The van der Waals surface area contributed by atoms with Crippen molar-refractivity contribution >= 4 is 5.91 Å². The fourth-order valence-electron chi connectivity index (χ4n) is 1.84. The second-order valence-corrected chi connectivity index (χ2v) is 4.25. The van der Waals surface area contributed by atoms with Gasteiger partial charge in [0, 0.05) is 13.0 Å². The molecular weight excluding hydrogens is 212 g/mol. The Morgan fingerprint density at radius 3 is 2.71 bits per heavy atom. The summed E-state index contributed by atoms with van der Waals surface area (Å²) in [5, 5.41) is 6.16. The van der Waals surface area contributed by atoms with E-state index < -0.39 is 0 Å². The highest BCUT2D eigenvalue weighted by molar-refractivity contribution is 5.76. The molecule has 17 heavy (non-hydrogen) atoms. The van der Waals surface area contributed by atoms with E-state index in [1.807, 2.05) is 26.0 Å². The van der Waals surface area contributed by atoms with Crippen molar-refractivity contribution in [1.29, 1.82) is 0 Å². The third-order valence-electron chi connectivity index (χ3n) is 2.81. The van der Waals surface area contributed by atoms with Crippen LogP contribution in [0.15, 0.2) is 24.3 Å². The van der Waals surface area contributed by atoms with Crippen LogP contribution in [0.2, 0.25) is 0 Å². The van der Waals surface area contributed by atoms with E-state index in [9.17, 15) is 4.79 Å². The maximum atomic E-state index is 11.7. The van der Waals surface area contributed by atoms with E-state index in [4.69, 9.17) is 0 Å². The number of hydrogen-bond donors (Lipinski definition) is 2. The smallest absolute Gasteiger partial charge is 0.221 e. The second-order valence-electron chi connectivity index (χ2n) is 4.25. The summed E-state index contributed by atoms with van der Waals surface area (Å²) in [5.74, 6) is 0.0988. The Bertz CT molecular complexity index is 363. The summed E-state index contributed by atoms with van der Waals surface area (Å²) in [6.45, 7) is 7.77. The zero-order valence-corrected chi connectivity index (χ0v) is 10.9. The van der Waals surface area contributed by atoms with Gasteiger partial charge in [0.2, 0.25) is 5.91 Å². The summed E-state index contributed by atoms with van der Waals surface area (Å²) < 4.78 is 0. The van der Waals surface area contributed by atoms with Crippen molar-refractivity contribution in [2.24, 2.45) is 0 Å².